The van der Waals surface area contributed by atoms with E-state index in [1.54, 1.807) is 53.7 Å². The van der Waals surface area contributed by atoms with Gasteiger partial charge in [0.05, 0.1) is 21.3 Å². The Morgan fingerprint density at radius 2 is 1.24 bits per heavy atom. The number of ether oxygens (including phenoxy) is 4. The molecule has 214 valence electrons. The number of hydrogen-bond donors (Lipinski definition) is 1. The number of hydrogen-bond acceptors (Lipinski definition) is 9. The van der Waals surface area contributed by atoms with Gasteiger partial charge in [0.25, 0.3) is 10.1 Å². The van der Waals surface area contributed by atoms with Gasteiger partial charge in [-0.2, -0.15) is 8.42 Å². The van der Waals surface area contributed by atoms with Gasteiger partial charge in [-0.3, -0.25) is 14.1 Å². The summed E-state index contributed by atoms with van der Waals surface area (Å²) in [4.78, 5) is 37.8. The van der Waals surface area contributed by atoms with E-state index in [2.05, 4.69) is 0 Å². The van der Waals surface area contributed by atoms with Crippen molar-refractivity contribution in [1.29, 1.82) is 0 Å². The van der Waals surface area contributed by atoms with E-state index in [-0.39, 0.29) is 34.1 Å². The minimum atomic E-state index is -4.63. The van der Waals surface area contributed by atoms with Gasteiger partial charge in [-0.15, -0.1) is 0 Å². The van der Waals surface area contributed by atoms with Crippen LogP contribution in [0.25, 0.3) is 0 Å². The third-order valence-electron chi connectivity index (χ3n) is 6.66. The monoisotopic (exact) mass is 580 g/mol. The molecule has 10 nitrogen and oxygen atoms in total. The van der Waals surface area contributed by atoms with Crippen LogP contribution in [-0.4, -0.2) is 30.9 Å². The molecule has 1 N–H and O–H groups in total. The predicted molar refractivity (Wildman–Crippen MR) is 145 cm³/mol. The van der Waals surface area contributed by atoms with Crippen LogP contribution < -0.4 is 14.2 Å². The predicted octanol–water partition coefficient (Wildman–Crippen LogP) is 5.40. The Morgan fingerprint density at radius 3 is 1.68 bits per heavy atom. The third-order valence-corrected chi connectivity index (χ3v) is 7.51. The minimum Gasteiger partial charge on any atom is -0.456 e. The third kappa shape index (κ3) is 4.85. The molecule has 0 unspecified atom stereocenters. The molecule has 0 amide bonds. The number of esters is 3. The first-order valence-electron chi connectivity index (χ1n) is 12.7. The van der Waals surface area contributed by atoms with Gasteiger partial charge in [0.15, 0.2) is 5.60 Å². The van der Waals surface area contributed by atoms with Crippen molar-refractivity contribution in [3.63, 3.8) is 0 Å². The average Bonchev–Trinajstić information content (AvgIpc) is 3.14. The van der Waals surface area contributed by atoms with E-state index in [1.165, 1.54) is 36.4 Å². The zero-order valence-corrected chi connectivity index (χ0v) is 24.0. The van der Waals surface area contributed by atoms with E-state index < -0.39 is 49.4 Å². The van der Waals surface area contributed by atoms with Crippen molar-refractivity contribution in [3.05, 3.63) is 76.9 Å². The number of rotatable bonds is 3. The summed E-state index contributed by atoms with van der Waals surface area (Å²) in [5.41, 5.74) is -2.40. The van der Waals surface area contributed by atoms with Crippen molar-refractivity contribution in [1.82, 2.24) is 0 Å². The average molecular weight is 581 g/mol. The normalized spacial score (nSPS) is 15.2. The number of carbonyl (C=O) groups excluding carboxylic acids is 3. The molecule has 0 radical (unpaired) electrons. The van der Waals surface area contributed by atoms with E-state index >= 15 is 0 Å². The highest BCUT2D eigenvalue weighted by Gasteiger charge is 2.54. The molecule has 0 saturated carbocycles. The van der Waals surface area contributed by atoms with Crippen LogP contribution in [0.15, 0.2) is 59.5 Å². The van der Waals surface area contributed by atoms with Gasteiger partial charge in [0.1, 0.15) is 23.0 Å². The lowest BCUT2D eigenvalue weighted by atomic mass is 9.77. The number of carbonyl (C=O) groups is 3. The molecule has 5 rings (SSSR count). The molecule has 2 heterocycles. The first-order valence-corrected chi connectivity index (χ1v) is 14.1. The topological polar surface area (TPSA) is 142 Å². The maximum absolute atomic E-state index is 13.2. The molecule has 1 spiro atoms. The summed E-state index contributed by atoms with van der Waals surface area (Å²) in [6.07, 6.45) is 0. The van der Waals surface area contributed by atoms with Gasteiger partial charge in [-0.05, 0) is 84.0 Å². The van der Waals surface area contributed by atoms with Gasteiger partial charge < -0.3 is 18.9 Å². The van der Waals surface area contributed by atoms with Crippen molar-refractivity contribution in [3.8, 4) is 23.0 Å². The lowest BCUT2D eigenvalue weighted by Crippen LogP contribution is -2.33. The Hall–Kier alpha value is -4.22. The molecule has 0 aromatic heterocycles. The largest absolute Gasteiger partial charge is 0.456 e. The maximum Gasteiger partial charge on any atom is 0.340 e. The van der Waals surface area contributed by atoms with E-state index in [1.807, 2.05) is 0 Å². The summed E-state index contributed by atoms with van der Waals surface area (Å²) in [7, 11) is -4.63. The highest BCUT2D eigenvalue weighted by Crippen LogP contribution is 2.57. The lowest BCUT2D eigenvalue weighted by Gasteiger charge is -2.36. The minimum absolute atomic E-state index is 0.0858. The van der Waals surface area contributed by atoms with E-state index in [0.29, 0.717) is 11.1 Å². The van der Waals surface area contributed by atoms with E-state index in [0.717, 1.165) is 6.07 Å². The summed E-state index contributed by atoms with van der Waals surface area (Å²) in [6.45, 7) is 10.2. The SMILES string of the molecule is CC(C)(C)C(=O)Oc1ccc2c(c1)Oc1cc(OC(=O)C(C)(C)C)ccc1C21OC(=O)c2ccc(S(=O)(=O)O)cc21. The second kappa shape index (κ2) is 9.15. The molecule has 0 atom stereocenters. The van der Waals surface area contributed by atoms with Gasteiger partial charge in [-0.25, -0.2) is 4.79 Å². The quantitative estimate of drug-likeness (QED) is 0.243. The Balaban J connectivity index is 1.73. The van der Waals surface area contributed by atoms with Crippen molar-refractivity contribution in [2.45, 2.75) is 52.0 Å². The fourth-order valence-corrected chi connectivity index (χ4v) is 4.98. The molecular formula is C30H28O10S. The second-order valence-electron chi connectivity index (χ2n) is 12.0. The molecule has 2 aliphatic rings. The van der Waals surface area contributed by atoms with Crippen molar-refractivity contribution < 1.29 is 46.3 Å². The number of benzene rings is 3. The van der Waals surface area contributed by atoms with Crippen molar-refractivity contribution >= 4 is 28.0 Å². The molecule has 0 aliphatic carbocycles. The van der Waals surface area contributed by atoms with E-state index in [4.69, 9.17) is 18.9 Å². The van der Waals surface area contributed by atoms with Crippen LogP contribution in [0.4, 0.5) is 0 Å². The second-order valence-corrected chi connectivity index (χ2v) is 13.4. The Kier molecular flexibility index (Phi) is 6.32. The van der Waals surface area contributed by atoms with E-state index in [9.17, 15) is 27.4 Å². The van der Waals surface area contributed by atoms with Crippen molar-refractivity contribution in [2.75, 3.05) is 0 Å². The molecule has 11 heteroatoms. The standard InChI is InChI=1S/C30H28O10S/c1-28(2,3)26(32)37-16-7-11-20-23(13-16)39-24-14-17(38-27(33)29(4,5)6)8-12-21(24)30(20)22-15-18(41(34,35)36)9-10-19(22)25(31)40-30/h7-15H,1-6H3,(H,34,35,36). The van der Waals surface area contributed by atoms with Gasteiger partial charge >= 0.3 is 17.9 Å². The van der Waals surface area contributed by atoms with Crippen LogP contribution >= 0.6 is 0 Å². The molecule has 41 heavy (non-hydrogen) atoms. The Labute approximate surface area is 236 Å². The van der Waals surface area contributed by atoms with Crippen LogP contribution in [0.1, 0.15) is 68.6 Å². The van der Waals surface area contributed by atoms with Crippen LogP contribution in [0, 0.1) is 10.8 Å². The smallest absolute Gasteiger partial charge is 0.340 e. The molecule has 2 aliphatic heterocycles. The van der Waals surface area contributed by atoms with Crippen LogP contribution in [0.3, 0.4) is 0 Å². The molecule has 0 bridgehead atoms. The van der Waals surface area contributed by atoms with Gasteiger partial charge in [0.2, 0.25) is 0 Å². The summed E-state index contributed by atoms with van der Waals surface area (Å²) in [6, 6.07) is 12.6. The number of fused-ring (bicyclic) bond motifs is 6. The molecule has 0 fully saturated rings. The first-order chi connectivity index (χ1) is 18.9. The van der Waals surface area contributed by atoms with Crippen molar-refractivity contribution in [2.24, 2.45) is 10.8 Å². The fraction of sp³-hybridized carbons (Fsp3) is 0.300. The van der Waals surface area contributed by atoms with Gasteiger partial charge in [-0.1, -0.05) is 0 Å². The molecule has 0 saturated heterocycles. The molecular weight excluding hydrogens is 552 g/mol. The zero-order valence-electron chi connectivity index (χ0n) is 23.2. The summed E-state index contributed by atoms with van der Waals surface area (Å²) in [5, 5.41) is 0. The highest BCUT2D eigenvalue weighted by molar-refractivity contribution is 7.85. The van der Waals surface area contributed by atoms with Gasteiger partial charge in [0, 0.05) is 28.8 Å². The highest BCUT2D eigenvalue weighted by atomic mass is 32.2. The van der Waals surface area contributed by atoms with Crippen LogP contribution in [0.2, 0.25) is 0 Å². The maximum atomic E-state index is 13.2. The van der Waals surface area contributed by atoms with Crippen LogP contribution in [-0.2, 0) is 30.0 Å². The fourth-order valence-electron chi connectivity index (χ4n) is 4.47. The summed E-state index contributed by atoms with van der Waals surface area (Å²) >= 11 is 0. The summed E-state index contributed by atoms with van der Waals surface area (Å²) in [5.74, 6) is -1.09. The van der Waals surface area contributed by atoms with Crippen LogP contribution in [0.5, 0.6) is 23.0 Å². The molecule has 3 aromatic rings. The first kappa shape index (κ1) is 28.3. The zero-order chi connectivity index (χ0) is 30.1. The Morgan fingerprint density at radius 1 is 0.756 bits per heavy atom. The summed E-state index contributed by atoms with van der Waals surface area (Å²) < 4.78 is 57.1. The molecule has 3 aromatic carbocycles. The lowest BCUT2D eigenvalue weighted by molar-refractivity contribution is -0.143. The Bertz CT molecular complexity index is 1660.